The van der Waals surface area contributed by atoms with Crippen molar-refractivity contribution >= 4 is 63.9 Å². The van der Waals surface area contributed by atoms with Crippen molar-refractivity contribution in [1.29, 1.82) is 0 Å². The molecule has 3 aromatic rings. The highest BCUT2D eigenvalue weighted by Gasteiger charge is 2.77. The molecule has 0 spiro atoms. The van der Waals surface area contributed by atoms with Crippen LogP contribution in [0.3, 0.4) is 0 Å². The lowest BCUT2D eigenvalue weighted by atomic mass is 9.56. The topological polar surface area (TPSA) is 147 Å². The molecule has 264 valence electrons. The number of aromatic hydroxyl groups is 1. The molecule has 11 nitrogen and oxygen atoms in total. The van der Waals surface area contributed by atoms with E-state index in [2.05, 4.69) is 0 Å². The number of allylic oxidation sites excluding steroid dienone is 2. The predicted molar refractivity (Wildman–Crippen MR) is 167 cm³/mol. The summed E-state index contributed by atoms with van der Waals surface area (Å²) in [6.07, 6.45) is 0.524. The fraction of sp³-hybridized carbons (Fsp3) is 0.273. The minimum atomic E-state index is -2.86. The Hall–Kier alpha value is -5.09. The largest absolute Gasteiger partial charge is 0.508 e. The third-order valence-electron chi connectivity index (χ3n) is 10.1. The van der Waals surface area contributed by atoms with Crippen LogP contribution >= 0.6 is 23.2 Å². The summed E-state index contributed by atoms with van der Waals surface area (Å²) in [5, 5.41) is 22.4. The molecule has 0 radical (unpaired) electrons. The van der Waals surface area contributed by atoms with Gasteiger partial charge in [-0.05, 0) is 43.0 Å². The summed E-state index contributed by atoms with van der Waals surface area (Å²) in [5.41, 5.74) is -2.45. The smallest absolute Gasteiger partial charge is 0.269 e. The predicted octanol–water partition coefficient (Wildman–Crippen LogP) is 5.77. The van der Waals surface area contributed by atoms with Crippen LogP contribution in [0.25, 0.3) is 0 Å². The fourth-order valence-corrected chi connectivity index (χ4v) is 8.78. The number of benzene rings is 3. The Kier molecular flexibility index (Phi) is 7.72. The molecule has 2 aliphatic carbocycles. The lowest BCUT2D eigenvalue weighted by Gasteiger charge is -2.50. The number of phenolic OH excluding ortho intramolecular Hbond substituents is 1. The van der Waals surface area contributed by atoms with E-state index in [1.807, 2.05) is 0 Å². The van der Waals surface area contributed by atoms with Crippen molar-refractivity contribution in [3.8, 4) is 11.5 Å². The Morgan fingerprint density at radius 2 is 1.47 bits per heavy atom. The molecular weight excluding hydrogens is 732 g/mol. The summed E-state index contributed by atoms with van der Waals surface area (Å²) in [7, 11) is 1.18. The number of carbonyl (C=O) groups is 4. The van der Waals surface area contributed by atoms with Crippen molar-refractivity contribution in [2.45, 2.75) is 28.5 Å². The number of alkyl halides is 2. The lowest BCUT2D eigenvalue weighted by molar-refractivity contribution is -0.384. The number of anilines is 2. The first-order valence-electron chi connectivity index (χ1n) is 15.0. The Morgan fingerprint density at radius 1 is 0.863 bits per heavy atom. The van der Waals surface area contributed by atoms with Crippen molar-refractivity contribution in [3.05, 3.63) is 98.9 Å². The average molecular weight is 752 g/mol. The summed E-state index contributed by atoms with van der Waals surface area (Å²) in [6, 6.07) is 8.37. The number of hydrogen-bond donors (Lipinski definition) is 1. The molecule has 7 rings (SSSR count). The third-order valence-corrected chi connectivity index (χ3v) is 11.5. The first-order chi connectivity index (χ1) is 24.0. The van der Waals surface area contributed by atoms with Gasteiger partial charge in [0, 0.05) is 23.6 Å². The van der Waals surface area contributed by atoms with Crippen molar-refractivity contribution in [2.75, 3.05) is 16.9 Å². The molecule has 2 saturated heterocycles. The number of fused-ring (bicyclic) bond motifs is 4. The van der Waals surface area contributed by atoms with E-state index in [9.17, 15) is 47.6 Å². The lowest BCUT2D eigenvalue weighted by Crippen LogP contribution is -2.60. The van der Waals surface area contributed by atoms with E-state index in [1.54, 1.807) is 0 Å². The first-order valence-corrected chi connectivity index (χ1v) is 15.7. The number of methoxy groups -OCH3 is 1. The molecule has 51 heavy (non-hydrogen) atoms. The van der Waals surface area contributed by atoms with E-state index in [0.717, 1.165) is 23.1 Å². The molecule has 0 bridgehead atoms. The number of nitro groups is 1. The number of rotatable bonds is 5. The molecule has 4 aliphatic rings. The molecule has 18 heteroatoms. The van der Waals surface area contributed by atoms with Crippen LogP contribution in [0.1, 0.15) is 24.3 Å². The van der Waals surface area contributed by atoms with Crippen LogP contribution in [0, 0.1) is 57.0 Å². The molecule has 1 N–H and O–H groups in total. The third kappa shape index (κ3) is 4.35. The van der Waals surface area contributed by atoms with E-state index in [0.29, 0.717) is 0 Å². The standard InChI is InChI=1S/C33H20Cl2F5N3O8/c1-51-18-4-2-3-17(44)20(18)21-14-9-10-15-19(29(46)41(28(15)45)12-5-7-13(8-6-12)43(49)50)16(14)11-32(34)30(47)42(31(48)33(21,32)35)27-25(39)23(37)22(36)24(38)26(27)40/h2-9,15-16,19,21,44H,10-11H2,1H3/t15-,16+,19-,21+,32+,33-/m0/s1. The summed E-state index contributed by atoms with van der Waals surface area (Å²) >= 11 is 14.2. The summed E-state index contributed by atoms with van der Waals surface area (Å²) in [4.78, 5) is 61.9. The molecule has 2 heterocycles. The number of imide groups is 2. The van der Waals surface area contributed by atoms with Gasteiger partial charge in [0.05, 0.1) is 29.6 Å². The second-order valence-electron chi connectivity index (χ2n) is 12.4. The number of ether oxygens (including phenoxy) is 1. The van der Waals surface area contributed by atoms with Crippen molar-refractivity contribution < 1.29 is 55.9 Å². The van der Waals surface area contributed by atoms with Crippen molar-refractivity contribution in [1.82, 2.24) is 0 Å². The Morgan fingerprint density at radius 3 is 2.06 bits per heavy atom. The number of nitro benzene ring substituents is 1. The molecule has 2 aliphatic heterocycles. The van der Waals surface area contributed by atoms with Crippen LogP contribution in [-0.2, 0) is 19.2 Å². The van der Waals surface area contributed by atoms with E-state index >= 15 is 8.78 Å². The van der Waals surface area contributed by atoms with Crippen LogP contribution in [0.2, 0.25) is 0 Å². The number of phenols is 1. The second kappa shape index (κ2) is 11.5. The molecule has 6 atom stereocenters. The van der Waals surface area contributed by atoms with Crippen LogP contribution < -0.4 is 14.5 Å². The number of amides is 4. The minimum Gasteiger partial charge on any atom is -0.508 e. The number of non-ortho nitro benzene ring substituents is 1. The molecule has 3 aromatic carbocycles. The van der Waals surface area contributed by atoms with E-state index in [4.69, 9.17) is 27.9 Å². The number of halogens is 7. The Bertz CT molecular complexity index is 2140. The van der Waals surface area contributed by atoms with Crippen molar-refractivity contribution in [3.63, 3.8) is 0 Å². The molecule has 4 amide bonds. The molecule has 3 fully saturated rings. The zero-order valence-electron chi connectivity index (χ0n) is 25.6. The van der Waals surface area contributed by atoms with Gasteiger partial charge in [-0.3, -0.25) is 34.2 Å². The SMILES string of the molecule is COc1cccc(O)c1[C@H]1C2=CC[C@@H]3C(=O)N(c4ccc([N+](=O)[O-])cc4)C(=O)[C@@H]3[C@@H]2C[C@@]2(Cl)C(=O)N(c3c(F)c(F)c(F)c(F)c3F)C(=O)[C@@]12Cl. The monoisotopic (exact) mass is 751 g/mol. The van der Waals surface area contributed by atoms with E-state index < -0.39 is 109 Å². The van der Waals surface area contributed by atoms with Gasteiger partial charge in [-0.2, -0.15) is 0 Å². The normalized spacial score (nSPS) is 28.4. The molecular formula is C33H20Cl2F5N3O8. The van der Waals surface area contributed by atoms with Gasteiger partial charge >= 0.3 is 0 Å². The molecule has 0 unspecified atom stereocenters. The van der Waals surface area contributed by atoms with Gasteiger partial charge in [0.1, 0.15) is 17.2 Å². The summed E-state index contributed by atoms with van der Waals surface area (Å²) in [5.74, 6) is -23.6. The average Bonchev–Trinajstić information content (AvgIpc) is 3.44. The van der Waals surface area contributed by atoms with Crippen LogP contribution in [-0.4, -0.2) is 50.5 Å². The zero-order chi connectivity index (χ0) is 37.1. The Labute approximate surface area is 292 Å². The molecule has 1 saturated carbocycles. The van der Waals surface area contributed by atoms with Gasteiger partial charge in [-0.25, -0.2) is 26.9 Å². The zero-order valence-corrected chi connectivity index (χ0v) is 27.1. The Balaban J connectivity index is 1.43. The maximum atomic E-state index is 15.2. The van der Waals surface area contributed by atoms with Gasteiger partial charge in [0.2, 0.25) is 17.6 Å². The van der Waals surface area contributed by atoms with Crippen LogP contribution in [0.15, 0.2) is 54.1 Å². The fourth-order valence-electron chi connectivity index (χ4n) is 7.86. The highest BCUT2D eigenvalue weighted by Crippen LogP contribution is 2.67. The summed E-state index contributed by atoms with van der Waals surface area (Å²) < 4.78 is 78.8. The highest BCUT2D eigenvalue weighted by molar-refractivity contribution is 6.58. The van der Waals surface area contributed by atoms with Gasteiger partial charge in [0.15, 0.2) is 33.0 Å². The van der Waals surface area contributed by atoms with E-state index in [-0.39, 0.29) is 39.6 Å². The highest BCUT2D eigenvalue weighted by atomic mass is 35.5. The van der Waals surface area contributed by atoms with Crippen LogP contribution in [0.4, 0.5) is 39.0 Å². The van der Waals surface area contributed by atoms with Gasteiger partial charge < -0.3 is 9.84 Å². The van der Waals surface area contributed by atoms with E-state index in [1.165, 1.54) is 37.5 Å². The number of hydrogen-bond acceptors (Lipinski definition) is 8. The number of carbonyl (C=O) groups excluding carboxylic acids is 4. The maximum Gasteiger partial charge on any atom is 0.269 e. The number of nitrogens with zero attached hydrogens (tertiary/aromatic N) is 3. The maximum absolute atomic E-state index is 15.2. The minimum absolute atomic E-state index is 0.0156. The van der Waals surface area contributed by atoms with Gasteiger partial charge in [0.25, 0.3) is 17.5 Å². The van der Waals surface area contributed by atoms with Crippen molar-refractivity contribution in [2.24, 2.45) is 17.8 Å². The quantitative estimate of drug-likeness (QED) is 0.0505. The van der Waals surface area contributed by atoms with Gasteiger partial charge in [-0.15, -0.1) is 23.2 Å². The van der Waals surface area contributed by atoms with Gasteiger partial charge in [-0.1, -0.05) is 17.7 Å². The summed E-state index contributed by atoms with van der Waals surface area (Å²) in [6.45, 7) is 0. The van der Waals surface area contributed by atoms with Crippen LogP contribution in [0.5, 0.6) is 11.5 Å². The molecule has 0 aromatic heterocycles. The second-order valence-corrected chi connectivity index (χ2v) is 13.6. The first kappa shape index (κ1) is 34.4.